The Kier molecular flexibility index (Phi) is 1.87. The minimum atomic E-state index is -0.0869. The van der Waals surface area contributed by atoms with Gasteiger partial charge in [0.25, 0.3) is 0 Å². The van der Waals surface area contributed by atoms with Crippen LogP contribution in [-0.2, 0) is 12.8 Å². The maximum absolute atomic E-state index is 13.1. The topological polar surface area (TPSA) is 0 Å². The van der Waals surface area contributed by atoms with Gasteiger partial charge in [-0.25, -0.2) is 4.39 Å². The third kappa shape index (κ3) is 1.24. The molecular formula is C10H11FS. The highest BCUT2D eigenvalue weighted by Gasteiger charge is 2.19. The second-order valence-electron chi connectivity index (χ2n) is 3.43. The van der Waals surface area contributed by atoms with E-state index in [0.29, 0.717) is 5.25 Å². The van der Waals surface area contributed by atoms with Crippen LogP contribution in [0.25, 0.3) is 0 Å². The molecule has 64 valence electrons. The summed E-state index contributed by atoms with van der Waals surface area (Å²) in [6.07, 6.45) is 1.90. The first-order valence-electron chi connectivity index (χ1n) is 4.13. The zero-order chi connectivity index (χ0) is 8.72. The average Bonchev–Trinajstić information content (AvgIpc) is 2.30. The Labute approximate surface area is 77.2 Å². The molecule has 1 aliphatic carbocycles. The van der Waals surface area contributed by atoms with Gasteiger partial charge >= 0.3 is 0 Å². The van der Waals surface area contributed by atoms with Crippen LogP contribution in [0, 0.1) is 12.7 Å². The Morgan fingerprint density at radius 1 is 1.33 bits per heavy atom. The smallest absolute Gasteiger partial charge is 0.126 e. The van der Waals surface area contributed by atoms with Crippen molar-refractivity contribution in [3.63, 3.8) is 0 Å². The molecule has 1 atom stereocenters. The summed E-state index contributed by atoms with van der Waals surface area (Å²) in [5.74, 6) is -0.0869. The van der Waals surface area contributed by atoms with Crippen molar-refractivity contribution in [1.29, 1.82) is 0 Å². The van der Waals surface area contributed by atoms with Crippen LogP contribution in [0.4, 0.5) is 4.39 Å². The molecule has 0 fully saturated rings. The zero-order valence-corrected chi connectivity index (χ0v) is 7.87. The third-order valence-electron chi connectivity index (χ3n) is 2.39. The lowest BCUT2D eigenvalue weighted by Crippen LogP contribution is -1.94. The summed E-state index contributed by atoms with van der Waals surface area (Å²) in [4.78, 5) is 0. The average molecular weight is 182 g/mol. The fourth-order valence-electron chi connectivity index (χ4n) is 1.74. The summed E-state index contributed by atoms with van der Waals surface area (Å²) in [5.41, 5.74) is 3.16. The van der Waals surface area contributed by atoms with E-state index in [1.807, 2.05) is 13.0 Å². The molecule has 0 saturated heterocycles. The van der Waals surface area contributed by atoms with E-state index in [1.54, 1.807) is 6.07 Å². The molecule has 12 heavy (non-hydrogen) atoms. The van der Waals surface area contributed by atoms with E-state index < -0.39 is 0 Å². The Hall–Kier alpha value is -0.500. The molecule has 1 unspecified atom stereocenters. The van der Waals surface area contributed by atoms with E-state index in [2.05, 4.69) is 12.6 Å². The summed E-state index contributed by atoms with van der Waals surface area (Å²) in [6.45, 7) is 1.81. The first kappa shape index (κ1) is 8.11. The van der Waals surface area contributed by atoms with Crippen LogP contribution in [-0.4, -0.2) is 5.25 Å². The highest BCUT2D eigenvalue weighted by atomic mass is 32.1. The van der Waals surface area contributed by atoms with Crippen LogP contribution in [0.1, 0.15) is 16.7 Å². The molecule has 0 radical (unpaired) electrons. The summed E-state index contributed by atoms with van der Waals surface area (Å²) >= 11 is 4.38. The number of hydrogen-bond donors (Lipinski definition) is 1. The summed E-state index contributed by atoms with van der Waals surface area (Å²) in [7, 11) is 0. The van der Waals surface area contributed by atoms with E-state index in [1.165, 1.54) is 5.56 Å². The van der Waals surface area contributed by atoms with Crippen LogP contribution < -0.4 is 0 Å². The van der Waals surface area contributed by atoms with Crippen molar-refractivity contribution in [2.75, 3.05) is 0 Å². The monoisotopic (exact) mass is 182 g/mol. The van der Waals surface area contributed by atoms with Gasteiger partial charge in [-0.3, -0.25) is 0 Å². The molecule has 2 rings (SSSR count). The van der Waals surface area contributed by atoms with Crippen molar-refractivity contribution >= 4 is 12.6 Å². The van der Waals surface area contributed by atoms with Gasteiger partial charge in [0.15, 0.2) is 0 Å². The van der Waals surface area contributed by atoms with E-state index in [0.717, 1.165) is 24.0 Å². The van der Waals surface area contributed by atoms with Crippen LogP contribution in [0.2, 0.25) is 0 Å². The number of thiol groups is 1. The lowest BCUT2D eigenvalue weighted by atomic mass is 10.1. The molecule has 0 amide bonds. The number of aryl methyl sites for hydroxylation is 1. The maximum atomic E-state index is 13.1. The number of benzene rings is 1. The standard InChI is InChI=1S/C10H11FS/c1-6-2-7-3-9(12)4-8(7)5-10(6)11/h2,5,9,12H,3-4H2,1H3. The van der Waals surface area contributed by atoms with E-state index in [9.17, 15) is 4.39 Å². The highest BCUT2D eigenvalue weighted by Crippen LogP contribution is 2.27. The molecule has 0 N–H and O–H groups in total. The van der Waals surface area contributed by atoms with Crippen molar-refractivity contribution in [2.24, 2.45) is 0 Å². The van der Waals surface area contributed by atoms with Crippen molar-refractivity contribution < 1.29 is 4.39 Å². The van der Waals surface area contributed by atoms with E-state index >= 15 is 0 Å². The largest absolute Gasteiger partial charge is 0.207 e. The maximum Gasteiger partial charge on any atom is 0.126 e. The van der Waals surface area contributed by atoms with Gasteiger partial charge in [0, 0.05) is 5.25 Å². The van der Waals surface area contributed by atoms with Crippen LogP contribution in [0.3, 0.4) is 0 Å². The van der Waals surface area contributed by atoms with Crippen molar-refractivity contribution in [3.8, 4) is 0 Å². The molecule has 2 heteroatoms. The van der Waals surface area contributed by atoms with Gasteiger partial charge in [-0.15, -0.1) is 0 Å². The van der Waals surface area contributed by atoms with Gasteiger partial charge in [-0.1, -0.05) is 6.07 Å². The molecule has 0 aromatic heterocycles. The Morgan fingerprint density at radius 2 is 1.92 bits per heavy atom. The van der Waals surface area contributed by atoms with Crippen LogP contribution >= 0.6 is 12.6 Å². The molecule has 0 saturated carbocycles. The fraction of sp³-hybridized carbons (Fsp3) is 0.400. The predicted molar refractivity (Wildman–Crippen MR) is 51.3 cm³/mol. The van der Waals surface area contributed by atoms with E-state index in [4.69, 9.17) is 0 Å². The van der Waals surface area contributed by atoms with Crippen LogP contribution in [0.15, 0.2) is 12.1 Å². The Morgan fingerprint density at radius 3 is 2.58 bits per heavy atom. The third-order valence-corrected chi connectivity index (χ3v) is 2.76. The molecular weight excluding hydrogens is 171 g/mol. The van der Waals surface area contributed by atoms with Gasteiger partial charge in [-0.05, 0) is 42.5 Å². The second-order valence-corrected chi connectivity index (χ2v) is 4.16. The lowest BCUT2D eigenvalue weighted by molar-refractivity contribution is 0.616. The number of halogens is 1. The second kappa shape index (κ2) is 2.77. The van der Waals surface area contributed by atoms with Gasteiger partial charge in [-0.2, -0.15) is 12.6 Å². The summed E-state index contributed by atoms with van der Waals surface area (Å²) in [5, 5.41) is 0.390. The number of hydrogen-bond acceptors (Lipinski definition) is 1. The first-order valence-corrected chi connectivity index (χ1v) is 4.64. The minimum Gasteiger partial charge on any atom is -0.207 e. The number of rotatable bonds is 0. The Balaban J connectivity index is 2.48. The van der Waals surface area contributed by atoms with Gasteiger partial charge < -0.3 is 0 Å². The van der Waals surface area contributed by atoms with Crippen molar-refractivity contribution in [3.05, 3.63) is 34.6 Å². The summed E-state index contributed by atoms with van der Waals surface area (Å²) in [6, 6.07) is 3.60. The normalized spacial score (nSPS) is 21.1. The van der Waals surface area contributed by atoms with Crippen LogP contribution in [0.5, 0.6) is 0 Å². The Bertz CT molecular complexity index is 289. The van der Waals surface area contributed by atoms with E-state index in [-0.39, 0.29) is 5.82 Å². The van der Waals surface area contributed by atoms with Gasteiger partial charge in [0.05, 0.1) is 0 Å². The minimum absolute atomic E-state index is 0.0869. The molecule has 1 aromatic carbocycles. The molecule has 0 bridgehead atoms. The fourth-order valence-corrected chi connectivity index (χ4v) is 2.14. The number of fused-ring (bicyclic) bond motifs is 1. The zero-order valence-electron chi connectivity index (χ0n) is 6.97. The molecule has 1 aliphatic rings. The summed E-state index contributed by atoms with van der Waals surface area (Å²) < 4.78 is 13.1. The lowest BCUT2D eigenvalue weighted by Gasteiger charge is -2.01. The first-order chi connectivity index (χ1) is 5.66. The van der Waals surface area contributed by atoms with Gasteiger partial charge in [0.2, 0.25) is 0 Å². The molecule has 0 spiro atoms. The molecule has 0 heterocycles. The van der Waals surface area contributed by atoms with Crippen molar-refractivity contribution in [1.82, 2.24) is 0 Å². The molecule has 0 nitrogen and oxygen atoms in total. The quantitative estimate of drug-likeness (QED) is 0.586. The highest BCUT2D eigenvalue weighted by molar-refractivity contribution is 7.81. The molecule has 1 aromatic rings. The van der Waals surface area contributed by atoms with Gasteiger partial charge in [0.1, 0.15) is 5.82 Å². The van der Waals surface area contributed by atoms with Crippen molar-refractivity contribution in [2.45, 2.75) is 25.0 Å². The predicted octanol–water partition coefficient (Wildman–Crippen LogP) is 2.53. The molecule has 0 aliphatic heterocycles. The SMILES string of the molecule is Cc1cc2c(cc1F)CC(S)C2.